The van der Waals surface area contributed by atoms with Gasteiger partial charge in [-0.25, -0.2) is 0 Å². The molecule has 0 radical (unpaired) electrons. The molecule has 2 unspecified atom stereocenters. The van der Waals surface area contributed by atoms with Crippen LogP contribution in [-0.4, -0.2) is 48.3 Å². The zero-order valence-corrected chi connectivity index (χ0v) is 20.3. The fraction of sp³-hybridized carbons (Fsp3) is 0.400. The van der Waals surface area contributed by atoms with Gasteiger partial charge in [0.05, 0.1) is 32.7 Å². The van der Waals surface area contributed by atoms with E-state index in [4.69, 9.17) is 25.6 Å². The van der Waals surface area contributed by atoms with Crippen molar-refractivity contribution in [2.24, 2.45) is 5.92 Å². The molecule has 1 amide bonds. The molecule has 4 rings (SSSR count). The van der Waals surface area contributed by atoms with Crippen molar-refractivity contribution in [3.8, 4) is 22.9 Å². The van der Waals surface area contributed by atoms with Crippen molar-refractivity contribution in [2.45, 2.75) is 32.4 Å². The van der Waals surface area contributed by atoms with Crippen LogP contribution < -0.4 is 14.8 Å². The van der Waals surface area contributed by atoms with Crippen molar-refractivity contribution < 1.29 is 18.8 Å². The van der Waals surface area contributed by atoms with Gasteiger partial charge in [-0.2, -0.15) is 4.98 Å². The number of piperidine rings is 1. The summed E-state index contributed by atoms with van der Waals surface area (Å²) in [5, 5.41) is 7.84. The largest absolute Gasteiger partial charge is 0.493 e. The molecule has 1 aromatic heterocycles. The van der Waals surface area contributed by atoms with Crippen LogP contribution in [0.2, 0.25) is 5.02 Å². The fourth-order valence-corrected chi connectivity index (χ4v) is 4.40. The van der Waals surface area contributed by atoms with Gasteiger partial charge in [0, 0.05) is 17.1 Å². The van der Waals surface area contributed by atoms with Gasteiger partial charge in [-0.3, -0.25) is 9.69 Å². The van der Waals surface area contributed by atoms with Crippen molar-refractivity contribution in [1.29, 1.82) is 0 Å². The van der Waals surface area contributed by atoms with E-state index >= 15 is 0 Å². The number of nitrogens with zero attached hydrogens (tertiary/aromatic N) is 3. The minimum Gasteiger partial charge on any atom is -0.493 e. The van der Waals surface area contributed by atoms with Crippen LogP contribution in [0.15, 0.2) is 47.0 Å². The van der Waals surface area contributed by atoms with Crippen molar-refractivity contribution in [2.75, 3.05) is 27.3 Å². The number of aromatic nitrogens is 2. The number of amides is 1. The molecule has 2 aromatic carbocycles. The van der Waals surface area contributed by atoms with E-state index in [0.29, 0.717) is 41.3 Å². The Morgan fingerprint density at radius 1 is 1.24 bits per heavy atom. The third kappa shape index (κ3) is 5.69. The first-order valence-electron chi connectivity index (χ1n) is 11.3. The van der Waals surface area contributed by atoms with Crippen molar-refractivity contribution in [3.63, 3.8) is 0 Å². The van der Waals surface area contributed by atoms with Gasteiger partial charge in [0.1, 0.15) is 0 Å². The van der Waals surface area contributed by atoms with E-state index in [-0.39, 0.29) is 17.9 Å². The third-order valence-corrected chi connectivity index (χ3v) is 6.29. The summed E-state index contributed by atoms with van der Waals surface area (Å²) in [7, 11) is 3.20. The Morgan fingerprint density at radius 2 is 2.06 bits per heavy atom. The zero-order chi connectivity index (χ0) is 24.1. The van der Waals surface area contributed by atoms with Crippen molar-refractivity contribution in [1.82, 2.24) is 20.4 Å². The lowest BCUT2D eigenvalue weighted by Gasteiger charge is -2.31. The molecule has 1 aliphatic heterocycles. The lowest BCUT2D eigenvalue weighted by molar-refractivity contribution is -0.127. The molecule has 9 heteroatoms. The first-order valence-corrected chi connectivity index (χ1v) is 11.7. The number of carbonyl (C=O) groups excluding carboxylic acids is 1. The Labute approximate surface area is 204 Å². The molecule has 0 spiro atoms. The predicted octanol–water partition coefficient (Wildman–Crippen LogP) is 4.50. The van der Waals surface area contributed by atoms with Crippen LogP contribution in [0.25, 0.3) is 11.4 Å². The summed E-state index contributed by atoms with van der Waals surface area (Å²) in [6.07, 6.45) is 1.77. The molecule has 180 valence electrons. The summed E-state index contributed by atoms with van der Waals surface area (Å²) >= 11 is 6.06. The van der Waals surface area contributed by atoms with E-state index in [2.05, 4.69) is 20.4 Å². The number of carbonyl (C=O) groups is 1. The summed E-state index contributed by atoms with van der Waals surface area (Å²) in [5.74, 6) is 2.26. The van der Waals surface area contributed by atoms with Gasteiger partial charge >= 0.3 is 0 Å². The third-order valence-electron chi connectivity index (χ3n) is 6.05. The minimum atomic E-state index is -0.154. The van der Waals surface area contributed by atoms with E-state index in [1.54, 1.807) is 26.4 Å². The maximum Gasteiger partial charge on any atom is 0.241 e. The van der Waals surface area contributed by atoms with Crippen molar-refractivity contribution >= 4 is 17.5 Å². The second-order valence-electron chi connectivity index (χ2n) is 8.44. The van der Waals surface area contributed by atoms with E-state index in [0.717, 1.165) is 30.5 Å². The van der Waals surface area contributed by atoms with Crippen LogP contribution in [-0.2, 0) is 11.3 Å². The highest BCUT2D eigenvalue weighted by Gasteiger charge is 2.28. The number of rotatable bonds is 8. The number of nitrogens with one attached hydrogen (secondary N) is 1. The second-order valence-corrected chi connectivity index (χ2v) is 8.88. The van der Waals surface area contributed by atoms with Crippen LogP contribution >= 0.6 is 11.6 Å². The molecule has 8 nitrogen and oxygen atoms in total. The number of methoxy groups -OCH3 is 2. The smallest absolute Gasteiger partial charge is 0.241 e. The number of ether oxygens (including phenoxy) is 2. The van der Waals surface area contributed by atoms with Gasteiger partial charge < -0.3 is 19.3 Å². The minimum absolute atomic E-state index is 0.0390. The normalized spacial score (nSPS) is 17.2. The summed E-state index contributed by atoms with van der Waals surface area (Å²) in [4.78, 5) is 19.7. The highest BCUT2D eigenvalue weighted by atomic mass is 35.5. The molecule has 34 heavy (non-hydrogen) atoms. The quantitative estimate of drug-likeness (QED) is 0.503. The summed E-state index contributed by atoms with van der Waals surface area (Å²) < 4.78 is 16.1. The van der Waals surface area contributed by atoms with Crippen LogP contribution in [0, 0.1) is 5.92 Å². The van der Waals surface area contributed by atoms with E-state index in [1.165, 1.54) is 0 Å². The Balaban J connectivity index is 1.35. The first-order chi connectivity index (χ1) is 16.5. The van der Waals surface area contributed by atoms with E-state index < -0.39 is 0 Å². The van der Waals surface area contributed by atoms with Crippen LogP contribution in [0.5, 0.6) is 11.5 Å². The monoisotopic (exact) mass is 484 g/mol. The first kappa shape index (κ1) is 24.0. The van der Waals surface area contributed by atoms with Gasteiger partial charge in [-0.1, -0.05) is 35.0 Å². The molecule has 1 aliphatic rings. The van der Waals surface area contributed by atoms with E-state index in [9.17, 15) is 4.79 Å². The van der Waals surface area contributed by atoms with Gasteiger partial charge in [0.15, 0.2) is 11.5 Å². The van der Waals surface area contributed by atoms with Crippen LogP contribution in [0.3, 0.4) is 0 Å². The molecule has 0 bridgehead atoms. The van der Waals surface area contributed by atoms with Gasteiger partial charge in [-0.05, 0) is 56.1 Å². The van der Waals surface area contributed by atoms with Crippen molar-refractivity contribution in [3.05, 3.63) is 58.9 Å². The van der Waals surface area contributed by atoms with Gasteiger partial charge in [0.2, 0.25) is 17.6 Å². The topological polar surface area (TPSA) is 89.7 Å². The highest BCUT2D eigenvalue weighted by molar-refractivity contribution is 6.30. The number of halogens is 1. The number of likely N-dealkylation sites (tertiary alicyclic amines) is 1. The average molecular weight is 485 g/mol. The standard InChI is InChI=1S/C25H29ClN4O4/c1-16(17-9-10-21(32-2)22(13-17)33-3)27-25(31)19-7-5-11-30(14-19)15-23-28-24(29-34-23)18-6-4-8-20(26)12-18/h4,6,8-10,12-13,16,19H,5,7,11,14-15H2,1-3H3,(H,27,31). The Morgan fingerprint density at radius 3 is 2.82 bits per heavy atom. The Kier molecular flexibility index (Phi) is 7.70. The van der Waals surface area contributed by atoms with Gasteiger partial charge in [0.25, 0.3) is 0 Å². The SMILES string of the molecule is COc1ccc(C(C)NC(=O)C2CCCN(Cc3nc(-c4cccc(Cl)c4)no3)C2)cc1OC. The predicted molar refractivity (Wildman–Crippen MR) is 129 cm³/mol. The van der Waals surface area contributed by atoms with Crippen LogP contribution in [0.1, 0.15) is 37.3 Å². The fourth-order valence-electron chi connectivity index (χ4n) is 4.21. The molecule has 2 heterocycles. The maximum atomic E-state index is 13.0. The number of hydrogen-bond donors (Lipinski definition) is 1. The lowest BCUT2D eigenvalue weighted by atomic mass is 9.96. The maximum absolute atomic E-state index is 13.0. The molecular weight excluding hydrogens is 456 g/mol. The Hall–Kier alpha value is -3.10. The summed E-state index contributed by atoms with van der Waals surface area (Å²) in [5.41, 5.74) is 1.76. The summed E-state index contributed by atoms with van der Waals surface area (Å²) in [6, 6.07) is 12.9. The average Bonchev–Trinajstić information content (AvgIpc) is 3.32. The molecule has 0 aliphatic carbocycles. The molecule has 0 saturated carbocycles. The molecule has 1 N–H and O–H groups in total. The van der Waals surface area contributed by atoms with Gasteiger partial charge in [-0.15, -0.1) is 0 Å². The molecule has 1 saturated heterocycles. The Bertz CT molecular complexity index is 1140. The molecule has 3 aromatic rings. The van der Waals surface area contributed by atoms with Crippen LogP contribution in [0.4, 0.5) is 0 Å². The molecular formula is C25H29ClN4O4. The molecule has 1 fully saturated rings. The lowest BCUT2D eigenvalue weighted by Crippen LogP contribution is -2.43. The summed E-state index contributed by atoms with van der Waals surface area (Å²) in [6.45, 7) is 3.99. The zero-order valence-electron chi connectivity index (χ0n) is 19.6. The second kappa shape index (κ2) is 10.9. The number of hydrogen-bond acceptors (Lipinski definition) is 7. The van der Waals surface area contributed by atoms with E-state index in [1.807, 2.05) is 37.3 Å². The number of benzene rings is 2. The highest BCUT2D eigenvalue weighted by Crippen LogP contribution is 2.30. The molecule has 2 atom stereocenters.